The van der Waals surface area contributed by atoms with Crippen LogP contribution in [0.1, 0.15) is 29.6 Å². The van der Waals surface area contributed by atoms with Gasteiger partial charge < -0.3 is 18.9 Å². The van der Waals surface area contributed by atoms with Gasteiger partial charge in [-0.05, 0) is 38.1 Å². The molecule has 24 heavy (non-hydrogen) atoms. The van der Waals surface area contributed by atoms with Crippen molar-refractivity contribution in [2.75, 3.05) is 26.4 Å². The van der Waals surface area contributed by atoms with Gasteiger partial charge in [-0.3, -0.25) is 9.59 Å². The summed E-state index contributed by atoms with van der Waals surface area (Å²) in [4.78, 5) is 26.3. The zero-order chi connectivity index (χ0) is 16.5. The molecule has 0 bridgehead atoms. The summed E-state index contributed by atoms with van der Waals surface area (Å²) in [6, 6.07) is 5.30. The Bertz CT molecular complexity index is 837. The Labute approximate surface area is 139 Å². The summed E-state index contributed by atoms with van der Waals surface area (Å²) in [6.07, 6.45) is 4.33. The summed E-state index contributed by atoms with van der Waals surface area (Å²) in [5.41, 5.74) is 0.722. The molecule has 3 heterocycles. The first-order valence-corrected chi connectivity index (χ1v) is 8.41. The molecule has 6 heteroatoms. The van der Waals surface area contributed by atoms with Gasteiger partial charge in [-0.2, -0.15) is 0 Å². The van der Waals surface area contributed by atoms with Crippen LogP contribution in [-0.2, 0) is 6.54 Å². The van der Waals surface area contributed by atoms with Crippen molar-refractivity contribution in [3.63, 3.8) is 0 Å². The molecule has 1 fully saturated rings. The van der Waals surface area contributed by atoms with Crippen molar-refractivity contribution in [3.8, 4) is 11.5 Å². The minimum absolute atomic E-state index is 0.181. The molecular formula is C18H20N2O4. The van der Waals surface area contributed by atoms with E-state index in [1.165, 1.54) is 19.3 Å². The monoisotopic (exact) mass is 328 g/mol. The molecule has 1 saturated heterocycles. The Kier molecular flexibility index (Phi) is 3.98. The van der Waals surface area contributed by atoms with Crippen LogP contribution in [0.3, 0.4) is 0 Å². The zero-order valence-electron chi connectivity index (χ0n) is 13.5. The van der Waals surface area contributed by atoms with Crippen LogP contribution in [0, 0.1) is 0 Å². The standard InChI is InChI=1S/C18H20N2O4/c21-11-14-8-13-9-16-17(24-12-23-16)10-15(13)20(18(14)22)7-6-19-4-2-1-3-5-19/h8-11H,1-7,12H2. The van der Waals surface area contributed by atoms with Crippen LogP contribution < -0.4 is 15.0 Å². The highest BCUT2D eigenvalue weighted by molar-refractivity contribution is 5.88. The van der Waals surface area contributed by atoms with Crippen molar-refractivity contribution in [1.29, 1.82) is 0 Å². The first-order valence-electron chi connectivity index (χ1n) is 8.41. The average molecular weight is 328 g/mol. The molecule has 0 radical (unpaired) electrons. The molecule has 0 spiro atoms. The van der Waals surface area contributed by atoms with E-state index in [4.69, 9.17) is 9.47 Å². The maximum Gasteiger partial charge on any atom is 0.261 e. The van der Waals surface area contributed by atoms with E-state index in [1.54, 1.807) is 10.6 Å². The lowest BCUT2D eigenvalue weighted by Gasteiger charge is -2.26. The van der Waals surface area contributed by atoms with Crippen molar-refractivity contribution < 1.29 is 14.3 Å². The molecular weight excluding hydrogens is 308 g/mol. The Morgan fingerprint density at radius 1 is 1.00 bits per heavy atom. The Balaban J connectivity index is 1.74. The average Bonchev–Trinajstić information content (AvgIpc) is 3.07. The van der Waals surface area contributed by atoms with Crippen LogP contribution in [0.4, 0.5) is 0 Å². The second-order valence-corrected chi connectivity index (χ2v) is 6.34. The van der Waals surface area contributed by atoms with Gasteiger partial charge in [0.05, 0.1) is 11.1 Å². The Morgan fingerprint density at radius 3 is 2.50 bits per heavy atom. The molecule has 2 aliphatic heterocycles. The number of benzene rings is 1. The van der Waals surface area contributed by atoms with Gasteiger partial charge in [0.2, 0.25) is 6.79 Å². The van der Waals surface area contributed by atoms with E-state index in [0.717, 1.165) is 30.5 Å². The van der Waals surface area contributed by atoms with Gasteiger partial charge >= 0.3 is 0 Å². The third-order valence-electron chi connectivity index (χ3n) is 4.83. The highest BCUT2D eigenvalue weighted by Crippen LogP contribution is 2.35. The van der Waals surface area contributed by atoms with Crippen LogP contribution in [0.2, 0.25) is 0 Å². The highest BCUT2D eigenvalue weighted by atomic mass is 16.7. The number of nitrogens with zero attached hydrogens (tertiary/aromatic N) is 2. The number of rotatable bonds is 4. The lowest BCUT2D eigenvalue weighted by molar-refractivity contribution is 0.112. The predicted molar refractivity (Wildman–Crippen MR) is 90.0 cm³/mol. The van der Waals surface area contributed by atoms with E-state index >= 15 is 0 Å². The fourth-order valence-electron chi connectivity index (χ4n) is 3.52. The van der Waals surface area contributed by atoms with Crippen molar-refractivity contribution in [3.05, 3.63) is 34.1 Å². The lowest BCUT2D eigenvalue weighted by Crippen LogP contribution is -2.35. The van der Waals surface area contributed by atoms with Crippen molar-refractivity contribution in [2.24, 2.45) is 0 Å². The van der Waals surface area contributed by atoms with Crippen LogP contribution in [0.15, 0.2) is 23.0 Å². The van der Waals surface area contributed by atoms with E-state index in [-0.39, 0.29) is 17.9 Å². The van der Waals surface area contributed by atoms with Crippen molar-refractivity contribution in [1.82, 2.24) is 9.47 Å². The number of piperidine rings is 1. The molecule has 0 saturated carbocycles. The van der Waals surface area contributed by atoms with Gasteiger partial charge in [-0.15, -0.1) is 0 Å². The van der Waals surface area contributed by atoms with Crippen LogP contribution in [-0.4, -0.2) is 42.2 Å². The van der Waals surface area contributed by atoms with Crippen molar-refractivity contribution >= 4 is 17.2 Å². The fourth-order valence-corrected chi connectivity index (χ4v) is 3.52. The third kappa shape index (κ3) is 2.67. The van der Waals surface area contributed by atoms with Gasteiger partial charge in [0.25, 0.3) is 5.56 Å². The Morgan fingerprint density at radius 2 is 1.75 bits per heavy atom. The number of fused-ring (bicyclic) bond motifs is 2. The van der Waals surface area contributed by atoms with Gasteiger partial charge in [0.1, 0.15) is 0 Å². The van der Waals surface area contributed by atoms with Gasteiger partial charge in [-0.1, -0.05) is 6.42 Å². The first kappa shape index (κ1) is 15.2. The molecule has 0 N–H and O–H groups in total. The molecule has 2 aliphatic rings. The van der Waals surface area contributed by atoms with Gasteiger partial charge in [-0.25, -0.2) is 0 Å². The van der Waals surface area contributed by atoms with E-state index in [0.29, 0.717) is 24.3 Å². The number of aromatic nitrogens is 1. The van der Waals surface area contributed by atoms with E-state index in [9.17, 15) is 9.59 Å². The smallest absolute Gasteiger partial charge is 0.261 e. The second-order valence-electron chi connectivity index (χ2n) is 6.34. The highest BCUT2D eigenvalue weighted by Gasteiger charge is 2.18. The van der Waals surface area contributed by atoms with E-state index in [2.05, 4.69) is 4.90 Å². The summed E-state index contributed by atoms with van der Waals surface area (Å²) in [5, 5.41) is 0.819. The largest absolute Gasteiger partial charge is 0.454 e. The second kappa shape index (κ2) is 6.28. The number of aldehydes is 1. The quantitative estimate of drug-likeness (QED) is 0.804. The molecule has 0 atom stereocenters. The van der Waals surface area contributed by atoms with Crippen LogP contribution in [0.5, 0.6) is 11.5 Å². The summed E-state index contributed by atoms with van der Waals surface area (Å²) >= 11 is 0. The minimum atomic E-state index is -0.242. The Hall–Kier alpha value is -2.34. The third-order valence-corrected chi connectivity index (χ3v) is 4.83. The summed E-state index contributed by atoms with van der Waals surface area (Å²) in [7, 11) is 0. The molecule has 0 aliphatic carbocycles. The SMILES string of the molecule is O=Cc1cc2cc3c(cc2n(CCN2CCCCC2)c1=O)OCO3. The van der Waals surface area contributed by atoms with Gasteiger partial charge in [0, 0.05) is 24.5 Å². The van der Waals surface area contributed by atoms with Gasteiger partial charge in [0.15, 0.2) is 17.8 Å². The molecule has 126 valence electrons. The maximum atomic E-state index is 12.6. The van der Waals surface area contributed by atoms with Crippen LogP contribution in [0.25, 0.3) is 10.9 Å². The lowest BCUT2D eigenvalue weighted by atomic mass is 10.1. The number of carbonyl (C=O) groups excluding carboxylic acids is 1. The minimum Gasteiger partial charge on any atom is -0.454 e. The number of ether oxygens (including phenoxy) is 2. The number of carbonyl (C=O) groups is 1. The summed E-state index contributed by atoms with van der Waals surface area (Å²) in [5.74, 6) is 1.30. The number of hydrogen-bond donors (Lipinski definition) is 0. The maximum absolute atomic E-state index is 12.6. The van der Waals surface area contributed by atoms with Crippen LogP contribution >= 0.6 is 0 Å². The molecule has 6 nitrogen and oxygen atoms in total. The molecule has 4 rings (SSSR count). The van der Waals surface area contributed by atoms with E-state index in [1.807, 2.05) is 12.1 Å². The topological polar surface area (TPSA) is 60.8 Å². The first-order chi connectivity index (χ1) is 11.8. The molecule has 1 aromatic heterocycles. The normalized spacial score (nSPS) is 17.3. The summed E-state index contributed by atoms with van der Waals surface area (Å²) < 4.78 is 12.5. The number of hydrogen-bond acceptors (Lipinski definition) is 5. The molecule has 0 unspecified atom stereocenters. The van der Waals surface area contributed by atoms with Crippen molar-refractivity contribution in [2.45, 2.75) is 25.8 Å². The predicted octanol–water partition coefficient (Wildman–Crippen LogP) is 2.03. The summed E-state index contributed by atoms with van der Waals surface area (Å²) in [6.45, 7) is 3.71. The van der Waals surface area contributed by atoms with E-state index < -0.39 is 0 Å². The zero-order valence-corrected chi connectivity index (χ0v) is 13.5. The number of likely N-dealkylation sites (tertiary alicyclic amines) is 1. The molecule has 0 amide bonds. The molecule has 1 aromatic carbocycles. The fraction of sp³-hybridized carbons (Fsp3) is 0.444. The molecule has 2 aromatic rings. The number of pyridine rings is 1.